The number of pyridine rings is 1. The van der Waals surface area contributed by atoms with E-state index in [2.05, 4.69) is 4.98 Å². The third-order valence-electron chi connectivity index (χ3n) is 4.22. The molecule has 0 spiro atoms. The van der Waals surface area contributed by atoms with Crippen LogP contribution in [0.5, 0.6) is 23.0 Å². The second-order valence-electron chi connectivity index (χ2n) is 5.74. The molecule has 1 aromatic carbocycles. The van der Waals surface area contributed by atoms with E-state index in [1.54, 1.807) is 25.1 Å². The van der Waals surface area contributed by atoms with Crippen LogP contribution in [0.2, 0.25) is 0 Å². The largest absolute Gasteiger partial charge is 0.496 e. The van der Waals surface area contributed by atoms with E-state index in [1.165, 1.54) is 21.3 Å². The van der Waals surface area contributed by atoms with Gasteiger partial charge >= 0.3 is 5.97 Å². The predicted molar refractivity (Wildman–Crippen MR) is 90.0 cm³/mol. The number of benzene rings is 1. The van der Waals surface area contributed by atoms with E-state index in [4.69, 9.17) is 18.9 Å². The normalized spacial score (nSPS) is 16.0. The summed E-state index contributed by atoms with van der Waals surface area (Å²) in [5.41, 5.74) is 1.39. The van der Waals surface area contributed by atoms with Crippen LogP contribution in [0.3, 0.4) is 0 Å². The average Bonchev–Trinajstić information content (AvgIpc) is 2.58. The van der Waals surface area contributed by atoms with Crippen molar-refractivity contribution in [2.24, 2.45) is 0 Å². The summed E-state index contributed by atoms with van der Waals surface area (Å²) >= 11 is 0. The molecule has 0 saturated carbocycles. The van der Waals surface area contributed by atoms with Crippen LogP contribution in [-0.4, -0.2) is 32.3 Å². The van der Waals surface area contributed by atoms with Gasteiger partial charge in [0, 0.05) is 29.3 Å². The van der Waals surface area contributed by atoms with Crippen LogP contribution in [0.25, 0.3) is 0 Å². The molecule has 1 atom stereocenters. The van der Waals surface area contributed by atoms with Crippen LogP contribution in [0.15, 0.2) is 23.0 Å². The lowest BCUT2D eigenvalue weighted by molar-refractivity contribution is -0.135. The summed E-state index contributed by atoms with van der Waals surface area (Å²) in [5.74, 6) is 0.860. The molecule has 0 amide bonds. The highest BCUT2D eigenvalue weighted by Gasteiger charge is 2.34. The van der Waals surface area contributed by atoms with E-state index in [0.29, 0.717) is 34.1 Å². The Balaban J connectivity index is 2.24. The lowest BCUT2D eigenvalue weighted by Gasteiger charge is -2.26. The summed E-state index contributed by atoms with van der Waals surface area (Å²) < 4.78 is 21.4. The number of hydrogen-bond donors (Lipinski definition) is 1. The minimum absolute atomic E-state index is 0.0327. The summed E-state index contributed by atoms with van der Waals surface area (Å²) in [6.45, 7) is 1.73. The van der Waals surface area contributed by atoms with Crippen molar-refractivity contribution >= 4 is 5.97 Å². The van der Waals surface area contributed by atoms with Gasteiger partial charge in [0.15, 0.2) is 11.5 Å². The number of methoxy groups -OCH3 is 3. The van der Waals surface area contributed by atoms with Crippen molar-refractivity contribution in [2.45, 2.75) is 19.3 Å². The maximum atomic E-state index is 12.5. The Morgan fingerprint density at radius 1 is 1.00 bits per heavy atom. The van der Waals surface area contributed by atoms with Gasteiger partial charge in [0.05, 0.1) is 33.3 Å². The molecule has 1 aliphatic rings. The Morgan fingerprint density at radius 2 is 1.64 bits per heavy atom. The lowest BCUT2D eigenvalue weighted by Crippen LogP contribution is -2.28. The SMILES string of the molecule is COc1cc(OC)c([C@H]2CC(=O)Oc3cc(C)[nH]c(=O)c32)cc1OC. The van der Waals surface area contributed by atoms with Crippen molar-refractivity contribution < 1.29 is 23.7 Å². The van der Waals surface area contributed by atoms with Crippen LogP contribution >= 0.6 is 0 Å². The third-order valence-corrected chi connectivity index (χ3v) is 4.22. The van der Waals surface area contributed by atoms with Crippen molar-refractivity contribution in [3.8, 4) is 23.0 Å². The smallest absolute Gasteiger partial charge is 0.312 e. The first-order valence-corrected chi connectivity index (χ1v) is 7.72. The summed E-state index contributed by atoms with van der Waals surface area (Å²) in [4.78, 5) is 27.3. The number of esters is 1. The molecule has 0 aliphatic carbocycles. The molecule has 1 N–H and O–H groups in total. The minimum Gasteiger partial charge on any atom is -0.496 e. The topological polar surface area (TPSA) is 86.9 Å². The zero-order chi connectivity index (χ0) is 18.1. The van der Waals surface area contributed by atoms with E-state index in [9.17, 15) is 9.59 Å². The van der Waals surface area contributed by atoms with Crippen molar-refractivity contribution in [3.63, 3.8) is 0 Å². The van der Waals surface area contributed by atoms with Gasteiger partial charge in [-0.15, -0.1) is 0 Å². The number of ether oxygens (including phenoxy) is 4. The number of carbonyl (C=O) groups excluding carboxylic acids is 1. The second kappa shape index (κ2) is 6.51. The first-order chi connectivity index (χ1) is 12.0. The van der Waals surface area contributed by atoms with Gasteiger partial charge in [-0.3, -0.25) is 9.59 Å². The number of aryl methyl sites for hydroxylation is 1. The monoisotopic (exact) mass is 345 g/mol. The predicted octanol–water partition coefficient (Wildman–Crippen LogP) is 2.15. The molecule has 25 heavy (non-hydrogen) atoms. The molecule has 2 heterocycles. The molecule has 1 aliphatic heterocycles. The van der Waals surface area contributed by atoms with Gasteiger partial charge in [0.2, 0.25) is 0 Å². The molecule has 0 fully saturated rings. The Bertz CT molecular complexity index is 886. The number of H-pyrrole nitrogens is 1. The number of fused-ring (bicyclic) bond motifs is 1. The molecule has 0 saturated heterocycles. The van der Waals surface area contributed by atoms with Gasteiger partial charge in [0.25, 0.3) is 5.56 Å². The molecule has 0 unspecified atom stereocenters. The van der Waals surface area contributed by atoms with Crippen molar-refractivity contribution in [1.82, 2.24) is 4.98 Å². The quantitative estimate of drug-likeness (QED) is 0.855. The van der Waals surface area contributed by atoms with Gasteiger partial charge in [-0.25, -0.2) is 0 Å². The van der Waals surface area contributed by atoms with E-state index in [-0.39, 0.29) is 17.7 Å². The number of nitrogens with one attached hydrogen (secondary N) is 1. The Labute approximate surface area is 144 Å². The van der Waals surface area contributed by atoms with Gasteiger partial charge in [-0.2, -0.15) is 0 Å². The molecule has 0 radical (unpaired) electrons. The van der Waals surface area contributed by atoms with Crippen LogP contribution in [-0.2, 0) is 4.79 Å². The highest BCUT2D eigenvalue weighted by atomic mass is 16.5. The van der Waals surface area contributed by atoms with Crippen LogP contribution in [0, 0.1) is 6.92 Å². The highest BCUT2D eigenvalue weighted by Crippen LogP contribution is 2.44. The molecular weight excluding hydrogens is 326 g/mol. The minimum atomic E-state index is -0.504. The molecule has 7 nitrogen and oxygen atoms in total. The molecule has 3 rings (SSSR count). The van der Waals surface area contributed by atoms with Crippen molar-refractivity contribution in [2.75, 3.05) is 21.3 Å². The summed E-state index contributed by atoms with van der Waals surface area (Å²) in [6.07, 6.45) is 0.0327. The van der Waals surface area contributed by atoms with Gasteiger partial charge < -0.3 is 23.9 Å². The third kappa shape index (κ3) is 2.93. The van der Waals surface area contributed by atoms with Crippen LogP contribution in [0.4, 0.5) is 0 Å². The van der Waals surface area contributed by atoms with Crippen LogP contribution in [0.1, 0.15) is 29.2 Å². The highest BCUT2D eigenvalue weighted by molar-refractivity contribution is 5.78. The van der Waals surface area contributed by atoms with Gasteiger partial charge in [-0.05, 0) is 13.0 Å². The fourth-order valence-electron chi connectivity index (χ4n) is 3.11. The second-order valence-corrected chi connectivity index (χ2v) is 5.74. The standard InChI is InChI=1S/C18H19NO6/c1-9-5-15-17(18(21)19-9)11(7-16(20)25-15)10-6-13(23-3)14(24-4)8-12(10)22-2/h5-6,8,11H,7H2,1-4H3,(H,19,21)/t11-/m1/s1. The molecular formula is C18H19NO6. The van der Waals surface area contributed by atoms with Crippen molar-refractivity contribution in [3.05, 3.63) is 45.4 Å². The first kappa shape index (κ1) is 16.9. The fourth-order valence-corrected chi connectivity index (χ4v) is 3.11. The van der Waals surface area contributed by atoms with Gasteiger partial charge in [0.1, 0.15) is 11.5 Å². The number of carbonyl (C=O) groups is 1. The zero-order valence-corrected chi connectivity index (χ0v) is 14.5. The summed E-state index contributed by atoms with van der Waals surface area (Å²) in [6, 6.07) is 5.05. The molecule has 1 aromatic heterocycles. The van der Waals surface area contributed by atoms with E-state index in [0.717, 1.165) is 0 Å². The maximum Gasteiger partial charge on any atom is 0.312 e. The van der Waals surface area contributed by atoms with E-state index < -0.39 is 11.9 Å². The van der Waals surface area contributed by atoms with Crippen molar-refractivity contribution in [1.29, 1.82) is 0 Å². The molecule has 7 heteroatoms. The number of aromatic amines is 1. The first-order valence-electron chi connectivity index (χ1n) is 7.72. The Kier molecular flexibility index (Phi) is 4.39. The van der Waals surface area contributed by atoms with E-state index in [1.807, 2.05) is 0 Å². The molecule has 132 valence electrons. The van der Waals surface area contributed by atoms with Gasteiger partial charge in [-0.1, -0.05) is 0 Å². The molecule has 0 bridgehead atoms. The number of rotatable bonds is 4. The van der Waals surface area contributed by atoms with E-state index >= 15 is 0 Å². The zero-order valence-electron chi connectivity index (χ0n) is 14.5. The fraction of sp³-hybridized carbons (Fsp3) is 0.333. The number of hydrogen-bond acceptors (Lipinski definition) is 6. The maximum absolute atomic E-state index is 12.5. The molecule has 2 aromatic rings. The lowest BCUT2D eigenvalue weighted by atomic mass is 9.86. The summed E-state index contributed by atoms with van der Waals surface area (Å²) in [5, 5.41) is 0. The number of aromatic nitrogens is 1. The average molecular weight is 345 g/mol. The summed E-state index contributed by atoms with van der Waals surface area (Å²) in [7, 11) is 4.57. The Hall–Kier alpha value is -2.96. The van der Waals surface area contributed by atoms with Crippen LogP contribution < -0.4 is 24.5 Å². The Morgan fingerprint density at radius 3 is 2.28 bits per heavy atom.